The van der Waals surface area contributed by atoms with Crippen molar-refractivity contribution in [3.05, 3.63) is 24.0 Å². The van der Waals surface area contributed by atoms with E-state index in [1.807, 2.05) is 19.3 Å². The number of hydrogen-bond donors (Lipinski definition) is 2. The Hall–Kier alpha value is -1.09. The van der Waals surface area contributed by atoms with E-state index in [0.717, 1.165) is 12.2 Å². The van der Waals surface area contributed by atoms with Crippen LogP contribution in [0.2, 0.25) is 0 Å². The molecule has 3 nitrogen and oxygen atoms in total. The normalized spacial score (nSPS) is 12.5. The lowest BCUT2D eigenvalue weighted by Crippen LogP contribution is -2.19. The first-order chi connectivity index (χ1) is 6.22. The molecule has 0 aliphatic heterocycles. The molecule has 0 saturated heterocycles. The van der Waals surface area contributed by atoms with E-state index in [2.05, 4.69) is 23.3 Å². The van der Waals surface area contributed by atoms with Gasteiger partial charge in [-0.15, -0.1) is 0 Å². The van der Waals surface area contributed by atoms with E-state index in [1.54, 1.807) is 0 Å². The zero-order valence-corrected chi connectivity index (χ0v) is 8.25. The van der Waals surface area contributed by atoms with Gasteiger partial charge in [0.15, 0.2) is 0 Å². The van der Waals surface area contributed by atoms with E-state index in [-0.39, 0.29) is 0 Å². The fourth-order valence-electron chi connectivity index (χ4n) is 1.03. The van der Waals surface area contributed by atoms with E-state index in [0.29, 0.717) is 12.5 Å². The van der Waals surface area contributed by atoms with Gasteiger partial charge in [-0.1, -0.05) is 6.92 Å². The van der Waals surface area contributed by atoms with Gasteiger partial charge in [-0.2, -0.15) is 0 Å². The Labute approximate surface area is 79.4 Å². The summed E-state index contributed by atoms with van der Waals surface area (Å²) in [5.41, 5.74) is 7.75. The second-order valence-electron chi connectivity index (χ2n) is 3.47. The topological polar surface area (TPSA) is 50.9 Å². The molecular weight excluding hydrogens is 162 g/mol. The number of hydrogen-bond acceptors (Lipinski definition) is 3. The van der Waals surface area contributed by atoms with Crippen LogP contribution >= 0.6 is 0 Å². The summed E-state index contributed by atoms with van der Waals surface area (Å²) in [5, 5.41) is 3.29. The molecule has 0 aliphatic rings. The van der Waals surface area contributed by atoms with Crippen molar-refractivity contribution in [3.8, 4) is 0 Å². The molecule has 1 atom stereocenters. The van der Waals surface area contributed by atoms with Crippen molar-refractivity contribution in [2.45, 2.75) is 13.8 Å². The average molecular weight is 179 g/mol. The first kappa shape index (κ1) is 9.99. The summed E-state index contributed by atoms with van der Waals surface area (Å²) in [6.07, 6.45) is 3.67. The van der Waals surface area contributed by atoms with Crippen molar-refractivity contribution >= 4 is 5.69 Å². The highest BCUT2D eigenvalue weighted by atomic mass is 14.9. The molecule has 1 aromatic rings. The molecule has 0 bridgehead atoms. The number of rotatable bonds is 4. The summed E-state index contributed by atoms with van der Waals surface area (Å²) in [4.78, 5) is 4.09. The van der Waals surface area contributed by atoms with Crippen molar-refractivity contribution in [3.63, 3.8) is 0 Å². The second-order valence-corrected chi connectivity index (χ2v) is 3.47. The summed E-state index contributed by atoms with van der Waals surface area (Å²) in [7, 11) is 0. The second kappa shape index (κ2) is 4.82. The molecule has 0 radical (unpaired) electrons. The van der Waals surface area contributed by atoms with Gasteiger partial charge in [0.25, 0.3) is 0 Å². The maximum atomic E-state index is 5.51. The quantitative estimate of drug-likeness (QED) is 0.734. The van der Waals surface area contributed by atoms with Crippen molar-refractivity contribution in [2.24, 2.45) is 11.7 Å². The number of nitrogens with zero attached hydrogens (tertiary/aromatic N) is 1. The van der Waals surface area contributed by atoms with Gasteiger partial charge in [-0.25, -0.2) is 0 Å². The van der Waals surface area contributed by atoms with E-state index in [4.69, 9.17) is 5.73 Å². The van der Waals surface area contributed by atoms with Gasteiger partial charge >= 0.3 is 0 Å². The molecule has 3 N–H and O–H groups in total. The van der Waals surface area contributed by atoms with Crippen LogP contribution < -0.4 is 11.1 Å². The highest BCUT2D eigenvalue weighted by Crippen LogP contribution is 2.07. The molecule has 3 heteroatoms. The van der Waals surface area contributed by atoms with Gasteiger partial charge in [-0.05, 0) is 31.0 Å². The van der Waals surface area contributed by atoms with Gasteiger partial charge in [0, 0.05) is 18.9 Å². The summed E-state index contributed by atoms with van der Waals surface area (Å²) in [6, 6.07) is 2.08. The van der Waals surface area contributed by atoms with Crippen molar-refractivity contribution in [1.82, 2.24) is 4.98 Å². The number of pyridine rings is 1. The van der Waals surface area contributed by atoms with Crippen LogP contribution in [0, 0.1) is 12.8 Å². The number of nitrogens with two attached hydrogens (primary N) is 1. The van der Waals surface area contributed by atoms with Gasteiger partial charge in [0.1, 0.15) is 0 Å². The maximum Gasteiger partial charge on any atom is 0.0529 e. The number of aryl methyl sites for hydroxylation is 1. The SMILES string of the molecule is Cc1cncc(NCC(C)CN)c1. The molecule has 13 heavy (non-hydrogen) atoms. The smallest absolute Gasteiger partial charge is 0.0529 e. The van der Waals surface area contributed by atoms with Crippen LogP contribution in [-0.2, 0) is 0 Å². The van der Waals surface area contributed by atoms with Crippen LogP contribution in [0.1, 0.15) is 12.5 Å². The van der Waals surface area contributed by atoms with Crippen LogP contribution in [-0.4, -0.2) is 18.1 Å². The average Bonchev–Trinajstić information content (AvgIpc) is 2.14. The lowest BCUT2D eigenvalue weighted by atomic mass is 10.2. The number of nitrogens with one attached hydrogen (secondary N) is 1. The lowest BCUT2D eigenvalue weighted by molar-refractivity contribution is 0.628. The minimum Gasteiger partial charge on any atom is -0.383 e. The third-order valence-corrected chi connectivity index (χ3v) is 1.93. The first-order valence-corrected chi connectivity index (χ1v) is 4.58. The van der Waals surface area contributed by atoms with Crippen LogP contribution in [0.25, 0.3) is 0 Å². The van der Waals surface area contributed by atoms with Gasteiger partial charge in [0.05, 0.1) is 5.69 Å². The highest BCUT2D eigenvalue weighted by Gasteiger charge is 1.98. The number of anilines is 1. The zero-order chi connectivity index (χ0) is 9.68. The largest absolute Gasteiger partial charge is 0.383 e. The molecule has 1 unspecified atom stereocenters. The standard InChI is InChI=1S/C10H17N3/c1-8-3-10(7-12-5-8)13-6-9(2)4-11/h3,5,7,9,13H,4,6,11H2,1-2H3. The van der Waals surface area contributed by atoms with Gasteiger partial charge in [-0.3, -0.25) is 4.98 Å². The third-order valence-electron chi connectivity index (χ3n) is 1.93. The van der Waals surface area contributed by atoms with Crippen molar-refractivity contribution < 1.29 is 0 Å². The van der Waals surface area contributed by atoms with Crippen molar-refractivity contribution in [2.75, 3.05) is 18.4 Å². The molecule has 0 aromatic carbocycles. The number of aromatic nitrogens is 1. The monoisotopic (exact) mass is 179 g/mol. The highest BCUT2D eigenvalue weighted by molar-refractivity contribution is 5.42. The van der Waals surface area contributed by atoms with Crippen LogP contribution in [0.3, 0.4) is 0 Å². The molecule has 1 rings (SSSR count). The molecular formula is C10H17N3. The fourth-order valence-corrected chi connectivity index (χ4v) is 1.03. The molecule has 1 heterocycles. The van der Waals surface area contributed by atoms with Crippen LogP contribution in [0.4, 0.5) is 5.69 Å². The molecule has 0 saturated carbocycles. The van der Waals surface area contributed by atoms with E-state index >= 15 is 0 Å². The van der Waals surface area contributed by atoms with Crippen LogP contribution in [0.5, 0.6) is 0 Å². The van der Waals surface area contributed by atoms with Gasteiger partial charge in [0.2, 0.25) is 0 Å². The molecule has 72 valence electrons. The lowest BCUT2D eigenvalue weighted by Gasteiger charge is -2.10. The summed E-state index contributed by atoms with van der Waals surface area (Å²) < 4.78 is 0. The van der Waals surface area contributed by atoms with E-state index in [1.165, 1.54) is 5.56 Å². The zero-order valence-electron chi connectivity index (χ0n) is 8.25. The third kappa shape index (κ3) is 3.42. The fraction of sp³-hybridized carbons (Fsp3) is 0.500. The Morgan fingerprint density at radius 1 is 1.54 bits per heavy atom. The molecule has 0 amide bonds. The minimum atomic E-state index is 0.500. The Bertz CT molecular complexity index is 260. The molecule has 0 aliphatic carbocycles. The molecule has 0 spiro atoms. The Morgan fingerprint density at radius 3 is 2.92 bits per heavy atom. The van der Waals surface area contributed by atoms with Crippen LogP contribution in [0.15, 0.2) is 18.5 Å². The summed E-state index contributed by atoms with van der Waals surface area (Å²) in [5.74, 6) is 0.500. The predicted octanol–water partition coefficient (Wildman–Crippen LogP) is 1.40. The van der Waals surface area contributed by atoms with Gasteiger partial charge < -0.3 is 11.1 Å². The maximum absolute atomic E-state index is 5.51. The first-order valence-electron chi connectivity index (χ1n) is 4.58. The van der Waals surface area contributed by atoms with E-state index < -0.39 is 0 Å². The summed E-state index contributed by atoms with van der Waals surface area (Å²) >= 11 is 0. The molecule has 0 fully saturated rings. The Balaban J connectivity index is 2.45. The van der Waals surface area contributed by atoms with Crippen molar-refractivity contribution in [1.29, 1.82) is 0 Å². The predicted molar refractivity (Wildman–Crippen MR) is 55.7 cm³/mol. The summed E-state index contributed by atoms with van der Waals surface area (Å²) in [6.45, 7) is 5.77. The Morgan fingerprint density at radius 2 is 2.31 bits per heavy atom. The molecule has 1 aromatic heterocycles. The minimum absolute atomic E-state index is 0.500. The van der Waals surface area contributed by atoms with E-state index in [9.17, 15) is 0 Å². The Kier molecular flexibility index (Phi) is 3.71.